The summed E-state index contributed by atoms with van der Waals surface area (Å²) in [5.74, 6) is -0.256. The van der Waals surface area contributed by atoms with Gasteiger partial charge in [-0.25, -0.2) is 4.79 Å². The van der Waals surface area contributed by atoms with E-state index in [4.69, 9.17) is 4.74 Å². The van der Waals surface area contributed by atoms with Crippen molar-refractivity contribution in [3.63, 3.8) is 0 Å². The molecule has 2 N–H and O–H groups in total. The van der Waals surface area contributed by atoms with E-state index in [0.29, 0.717) is 37.3 Å². The van der Waals surface area contributed by atoms with Gasteiger partial charge in [0.15, 0.2) is 0 Å². The maximum atomic E-state index is 11.8. The quantitative estimate of drug-likeness (QED) is 0.876. The summed E-state index contributed by atoms with van der Waals surface area (Å²) in [7, 11) is 0. The number of rotatable bonds is 4. The van der Waals surface area contributed by atoms with Gasteiger partial charge in [-0.05, 0) is 42.6 Å². The van der Waals surface area contributed by atoms with Gasteiger partial charge in [-0.2, -0.15) is 0 Å². The van der Waals surface area contributed by atoms with Crippen molar-refractivity contribution in [2.24, 2.45) is 5.41 Å². The summed E-state index contributed by atoms with van der Waals surface area (Å²) in [5.41, 5.74) is 1.41. The molecule has 1 aromatic rings. The molecule has 1 atom stereocenters. The molecule has 1 aromatic carbocycles. The molecular formula is C19H21NO5. The van der Waals surface area contributed by atoms with Gasteiger partial charge >= 0.3 is 12.1 Å². The van der Waals surface area contributed by atoms with E-state index in [9.17, 15) is 19.8 Å². The third-order valence-electron chi connectivity index (χ3n) is 4.98. The molecule has 2 aliphatic rings. The van der Waals surface area contributed by atoms with Crippen LogP contribution in [-0.2, 0) is 16.1 Å². The first-order valence-corrected chi connectivity index (χ1v) is 8.23. The van der Waals surface area contributed by atoms with Crippen LogP contribution in [0.1, 0.15) is 25.3 Å². The lowest BCUT2D eigenvalue weighted by Crippen LogP contribution is -2.44. The summed E-state index contributed by atoms with van der Waals surface area (Å²) in [6.45, 7) is 2.51. The number of allylic oxidation sites excluding steroid dienone is 2. The van der Waals surface area contributed by atoms with Crippen LogP contribution in [0.4, 0.5) is 4.79 Å². The van der Waals surface area contributed by atoms with E-state index in [0.717, 1.165) is 11.1 Å². The summed E-state index contributed by atoms with van der Waals surface area (Å²) in [4.78, 5) is 24.4. The van der Waals surface area contributed by atoms with Crippen molar-refractivity contribution in [1.29, 1.82) is 0 Å². The van der Waals surface area contributed by atoms with E-state index in [2.05, 4.69) is 0 Å². The number of hydrogen-bond acceptors (Lipinski definition) is 3. The van der Waals surface area contributed by atoms with Gasteiger partial charge in [-0.3, -0.25) is 4.79 Å². The van der Waals surface area contributed by atoms with Crippen molar-refractivity contribution >= 4 is 12.1 Å². The Hall–Kier alpha value is -2.76. The maximum absolute atomic E-state index is 11.8. The number of carboxylic acid groups (broad SMARTS) is 2. The Bertz CT molecular complexity index is 752. The minimum absolute atomic E-state index is 0.111. The van der Waals surface area contributed by atoms with Crippen molar-refractivity contribution in [1.82, 2.24) is 4.90 Å². The zero-order valence-corrected chi connectivity index (χ0v) is 14.1. The Labute approximate surface area is 146 Å². The minimum Gasteiger partial charge on any atom is -0.489 e. The third-order valence-corrected chi connectivity index (χ3v) is 4.98. The second-order valence-electron chi connectivity index (χ2n) is 6.60. The molecular weight excluding hydrogens is 322 g/mol. The fourth-order valence-electron chi connectivity index (χ4n) is 3.35. The number of carboxylic acids is 1. The Morgan fingerprint density at radius 1 is 1.24 bits per heavy atom. The Morgan fingerprint density at radius 3 is 2.60 bits per heavy atom. The van der Waals surface area contributed by atoms with Crippen LogP contribution in [-0.4, -0.2) is 40.3 Å². The molecule has 1 unspecified atom stereocenters. The van der Waals surface area contributed by atoms with Crippen LogP contribution in [0.25, 0.3) is 0 Å². The van der Waals surface area contributed by atoms with Crippen LogP contribution < -0.4 is 0 Å². The fourth-order valence-corrected chi connectivity index (χ4v) is 3.35. The van der Waals surface area contributed by atoms with E-state index in [1.54, 1.807) is 6.92 Å². The molecule has 6 nitrogen and oxygen atoms in total. The van der Waals surface area contributed by atoms with E-state index >= 15 is 0 Å². The first kappa shape index (κ1) is 17.1. The zero-order chi connectivity index (χ0) is 18.0. The van der Waals surface area contributed by atoms with Crippen LogP contribution in [0.3, 0.4) is 0 Å². The summed E-state index contributed by atoms with van der Waals surface area (Å²) < 4.78 is 5.95. The van der Waals surface area contributed by atoms with Gasteiger partial charge in [0, 0.05) is 13.1 Å². The van der Waals surface area contributed by atoms with Crippen molar-refractivity contribution in [2.45, 2.75) is 26.4 Å². The van der Waals surface area contributed by atoms with E-state index in [1.165, 1.54) is 4.90 Å². The van der Waals surface area contributed by atoms with Crippen LogP contribution in [0.2, 0.25) is 0 Å². The Balaban J connectivity index is 1.87. The summed E-state index contributed by atoms with van der Waals surface area (Å²) >= 11 is 0. The highest BCUT2D eigenvalue weighted by atomic mass is 16.5. The van der Waals surface area contributed by atoms with Gasteiger partial charge in [0.1, 0.15) is 12.4 Å². The molecule has 132 valence electrons. The van der Waals surface area contributed by atoms with Crippen molar-refractivity contribution in [2.75, 3.05) is 13.1 Å². The average Bonchev–Trinajstić information content (AvgIpc) is 2.61. The maximum Gasteiger partial charge on any atom is 0.407 e. The monoisotopic (exact) mass is 343 g/mol. The summed E-state index contributed by atoms with van der Waals surface area (Å²) in [6.07, 6.45) is 1.55. The van der Waals surface area contributed by atoms with E-state index < -0.39 is 17.5 Å². The number of nitrogens with zero attached hydrogens (tertiary/aromatic N) is 1. The molecule has 0 fully saturated rings. The molecule has 1 amide bonds. The highest BCUT2D eigenvalue weighted by Gasteiger charge is 2.44. The predicted octanol–water partition coefficient (Wildman–Crippen LogP) is 3.26. The summed E-state index contributed by atoms with van der Waals surface area (Å²) in [6, 6.07) is 9.74. The molecule has 25 heavy (non-hydrogen) atoms. The standard InChI is InChI=1S/C19H21NO5/c1-19(17(21)22)9-7-16(25-12-13-5-3-2-4-6-13)14-8-10-20(18(23)24)11-15(14)19/h2-7H,8-12H2,1H3,(H,21,22)(H,23,24). The molecule has 0 aromatic heterocycles. The topological polar surface area (TPSA) is 87.1 Å². The molecule has 0 radical (unpaired) electrons. The first-order valence-electron chi connectivity index (χ1n) is 8.23. The number of hydrogen-bond donors (Lipinski definition) is 2. The summed E-state index contributed by atoms with van der Waals surface area (Å²) in [5, 5.41) is 19.0. The van der Waals surface area contributed by atoms with Gasteiger partial charge < -0.3 is 19.8 Å². The number of aliphatic carboxylic acids is 1. The predicted molar refractivity (Wildman–Crippen MR) is 90.9 cm³/mol. The van der Waals surface area contributed by atoms with Crippen LogP contribution >= 0.6 is 0 Å². The molecule has 1 aliphatic heterocycles. The molecule has 0 bridgehead atoms. The average molecular weight is 343 g/mol. The van der Waals surface area contributed by atoms with E-state index in [1.807, 2.05) is 36.4 Å². The SMILES string of the molecule is CC1(C(=O)O)CC=C(OCc2ccccc2)C2=C1CN(C(=O)O)CC2. The molecule has 0 spiro atoms. The molecule has 1 heterocycles. The lowest BCUT2D eigenvalue weighted by molar-refractivity contribution is -0.146. The molecule has 3 rings (SSSR count). The van der Waals surface area contributed by atoms with E-state index in [-0.39, 0.29) is 6.54 Å². The number of ether oxygens (including phenoxy) is 1. The molecule has 0 saturated carbocycles. The Kier molecular flexibility index (Phi) is 4.53. The lowest BCUT2D eigenvalue weighted by Gasteiger charge is -2.39. The highest BCUT2D eigenvalue weighted by Crippen LogP contribution is 2.44. The first-order chi connectivity index (χ1) is 11.9. The number of amides is 1. The number of benzene rings is 1. The third kappa shape index (κ3) is 3.24. The Morgan fingerprint density at radius 2 is 1.96 bits per heavy atom. The second-order valence-corrected chi connectivity index (χ2v) is 6.60. The largest absolute Gasteiger partial charge is 0.489 e. The normalized spacial score (nSPS) is 22.9. The highest BCUT2D eigenvalue weighted by molar-refractivity contribution is 5.80. The number of carbonyl (C=O) groups is 2. The fraction of sp³-hybridized carbons (Fsp3) is 0.368. The van der Waals surface area contributed by atoms with Gasteiger partial charge in [-0.15, -0.1) is 0 Å². The molecule has 1 aliphatic carbocycles. The van der Waals surface area contributed by atoms with Gasteiger partial charge in [-0.1, -0.05) is 30.3 Å². The van der Waals surface area contributed by atoms with Gasteiger partial charge in [0.25, 0.3) is 0 Å². The minimum atomic E-state index is -1.09. The smallest absolute Gasteiger partial charge is 0.407 e. The molecule has 0 saturated heterocycles. The van der Waals surface area contributed by atoms with Crippen molar-refractivity contribution < 1.29 is 24.5 Å². The molecule has 6 heteroatoms. The van der Waals surface area contributed by atoms with Gasteiger partial charge in [0.05, 0.1) is 5.41 Å². The zero-order valence-electron chi connectivity index (χ0n) is 14.1. The van der Waals surface area contributed by atoms with Crippen LogP contribution in [0.5, 0.6) is 0 Å². The second kappa shape index (κ2) is 6.63. The van der Waals surface area contributed by atoms with Crippen molar-refractivity contribution in [3.05, 3.63) is 58.9 Å². The van der Waals surface area contributed by atoms with Crippen molar-refractivity contribution in [3.8, 4) is 0 Å². The van der Waals surface area contributed by atoms with Crippen LogP contribution in [0, 0.1) is 5.41 Å². The van der Waals surface area contributed by atoms with Crippen LogP contribution in [0.15, 0.2) is 53.3 Å². The lowest BCUT2D eigenvalue weighted by atomic mass is 9.71. The van der Waals surface area contributed by atoms with Gasteiger partial charge in [0.2, 0.25) is 0 Å².